The molecule has 0 bridgehead atoms. The summed E-state index contributed by atoms with van der Waals surface area (Å²) in [6.45, 7) is 4.92. The normalized spacial score (nSPS) is 12.4. The maximum atomic E-state index is 13.9. The summed E-state index contributed by atoms with van der Waals surface area (Å²) in [4.78, 5) is 3.81. The van der Waals surface area contributed by atoms with Crippen molar-refractivity contribution in [1.29, 1.82) is 0 Å². The molecule has 0 amide bonds. The number of nitrogens with zero attached hydrogens (tertiary/aromatic N) is 1. The Morgan fingerprint density at radius 1 is 1.26 bits per heavy atom. The minimum absolute atomic E-state index is 0.125. The Hall–Kier alpha value is -1.74. The molecular formula is C16H19FN2. The molecule has 1 aromatic heterocycles. The number of pyridine rings is 1. The van der Waals surface area contributed by atoms with Crippen LogP contribution in [0.3, 0.4) is 0 Å². The predicted octanol–water partition coefficient (Wildman–Crippen LogP) is 3.48. The van der Waals surface area contributed by atoms with E-state index in [4.69, 9.17) is 0 Å². The molecule has 2 nitrogen and oxygen atoms in total. The second kappa shape index (κ2) is 6.43. The number of halogens is 1. The maximum Gasteiger partial charge on any atom is 0.146 e. The zero-order chi connectivity index (χ0) is 13.7. The largest absolute Gasteiger partial charge is 0.306 e. The number of rotatable bonds is 5. The van der Waals surface area contributed by atoms with Gasteiger partial charge in [0.2, 0.25) is 0 Å². The second-order valence-corrected chi connectivity index (χ2v) is 4.49. The van der Waals surface area contributed by atoms with Crippen LogP contribution in [0.2, 0.25) is 0 Å². The molecule has 0 saturated carbocycles. The van der Waals surface area contributed by atoms with Crippen LogP contribution in [0.5, 0.6) is 0 Å². The minimum atomic E-state index is -0.268. The third-order valence-corrected chi connectivity index (χ3v) is 3.22. The van der Waals surface area contributed by atoms with E-state index in [9.17, 15) is 4.39 Å². The van der Waals surface area contributed by atoms with Gasteiger partial charge in [0, 0.05) is 11.8 Å². The average Bonchev–Trinajstić information content (AvgIpc) is 2.46. The second-order valence-electron chi connectivity index (χ2n) is 4.49. The summed E-state index contributed by atoms with van der Waals surface area (Å²) in [5.41, 5.74) is 2.99. The van der Waals surface area contributed by atoms with Gasteiger partial charge in [0.1, 0.15) is 5.82 Å². The van der Waals surface area contributed by atoms with Gasteiger partial charge in [-0.1, -0.05) is 38.1 Å². The van der Waals surface area contributed by atoms with Gasteiger partial charge in [-0.15, -0.1) is 0 Å². The summed E-state index contributed by atoms with van der Waals surface area (Å²) in [6.07, 6.45) is 3.88. The summed E-state index contributed by atoms with van der Waals surface area (Å²) in [5, 5.41) is 3.34. The van der Waals surface area contributed by atoms with Crippen LogP contribution in [0.1, 0.15) is 36.6 Å². The highest BCUT2D eigenvalue weighted by atomic mass is 19.1. The van der Waals surface area contributed by atoms with Crippen LogP contribution in [0.25, 0.3) is 0 Å². The molecule has 1 N–H and O–H groups in total. The Labute approximate surface area is 113 Å². The van der Waals surface area contributed by atoms with Gasteiger partial charge in [0.15, 0.2) is 0 Å². The van der Waals surface area contributed by atoms with Crippen molar-refractivity contribution in [3.8, 4) is 0 Å². The minimum Gasteiger partial charge on any atom is -0.306 e. The topological polar surface area (TPSA) is 24.9 Å². The summed E-state index contributed by atoms with van der Waals surface area (Å²) < 4.78 is 13.9. The van der Waals surface area contributed by atoms with Gasteiger partial charge < -0.3 is 5.32 Å². The molecule has 1 aromatic carbocycles. The standard InChI is InChI=1S/C16H19FN2/c1-3-12-6-5-7-13(10-12)16(19-4-2)14-8-9-18-11-15(14)17/h5-11,16,19H,3-4H2,1-2H3. The lowest BCUT2D eigenvalue weighted by atomic mass is 9.97. The van der Waals surface area contributed by atoms with Crippen LogP contribution in [-0.2, 0) is 6.42 Å². The Morgan fingerprint density at radius 2 is 2.11 bits per heavy atom. The van der Waals surface area contributed by atoms with E-state index in [1.165, 1.54) is 11.8 Å². The van der Waals surface area contributed by atoms with Gasteiger partial charge in [-0.25, -0.2) is 4.39 Å². The molecule has 3 heteroatoms. The van der Waals surface area contributed by atoms with E-state index in [0.717, 1.165) is 18.5 Å². The number of hydrogen-bond donors (Lipinski definition) is 1. The fraction of sp³-hybridized carbons (Fsp3) is 0.312. The molecule has 100 valence electrons. The number of nitrogens with one attached hydrogen (secondary N) is 1. The molecule has 0 spiro atoms. The Bertz CT molecular complexity index is 540. The van der Waals surface area contributed by atoms with E-state index in [-0.39, 0.29) is 11.9 Å². The van der Waals surface area contributed by atoms with Crippen molar-refractivity contribution in [2.24, 2.45) is 0 Å². The fourth-order valence-corrected chi connectivity index (χ4v) is 2.22. The first-order chi connectivity index (χ1) is 9.26. The summed E-state index contributed by atoms with van der Waals surface area (Å²) in [7, 11) is 0. The molecule has 0 fully saturated rings. The number of aryl methyl sites for hydroxylation is 1. The van der Waals surface area contributed by atoms with E-state index in [0.29, 0.717) is 5.56 Å². The molecule has 0 aliphatic rings. The van der Waals surface area contributed by atoms with Gasteiger partial charge in [0.05, 0.1) is 12.2 Å². The van der Waals surface area contributed by atoms with Crippen LogP contribution in [0.15, 0.2) is 42.7 Å². The highest BCUT2D eigenvalue weighted by Gasteiger charge is 2.16. The van der Waals surface area contributed by atoms with Crippen molar-refractivity contribution in [1.82, 2.24) is 10.3 Å². The zero-order valence-corrected chi connectivity index (χ0v) is 11.4. The van der Waals surface area contributed by atoms with E-state index >= 15 is 0 Å². The lowest BCUT2D eigenvalue weighted by molar-refractivity contribution is 0.554. The van der Waals surface area contributed by atoms with Crippen LogP contribution in [0.4, 0.5) is 4.39 Å². The average molecular weight is 258 g/mol. The third kappa shape index (κ3) is 3.18. The van der Waals surface area contributed by atoms with Crippen LogP contribution < -0.4 is 5.32 Å². The van der Waals surface area contributed by atoms with Crippen molar-refractivity contribution in [2.75, 3.05) is 6.54 Å². The highest BCUT2D eigenvalue weighted by molar-refractivity contribution is 5.34. The number of benzene rings is 1. The SMILES string of the molecule is CCNC(c1cccc(CC)c1)c1ccncc1F. The lowest BCUT2D eigenvalue weighted by Crippen LogP contribution is -2.23. The molecule has 0 radical (unpaired) electrons. The molecule has 0 aliphatic heterocycles. The molecule has 19 heavy (non-hydrogen) atoms. The number of hydrogen-bond acceptors (Lipinski definition) is 2. The zero-order valence-electron chi connectivity index (χ0n) is 11.4. The first kappa shape index (κ1) is 13.7. The van der Waals surface area contributed by atoms with Gasteiger partial charge in [-0.2, -0.15) is 0 Å². The molecule has 2 rings (SSSR count). The Morgan fingerprint density at radius 3 is 2.79 bits per heavy atom. The van der Waals surface area contributed by atoms with E-state index < -0.39 is 0 Å². The maximum absolute atomic E-state index is 13.9. The quantitative estimate of drug-likeness (QED) is 0.888. The van der Waals surface area contributed by atoms with Gasteiger partial charge in [-0.3, -0.25) is 4.98 Å². The molecule has 0 aliphatic carbocycles. The summed E-state index contributed by atoms with van der Waals surface area (Å²) >= 11 is 0. The van der Waals surface area contributed by atoms with Crippen molar-refractivity contribution in [3.63, 3.8) is 0 Å². The monoisotopic (exact) mass is 258 g/mol. The molecule has 0 saturated heterocycles. The molecule has 1 heterocycles. The predicted molar refractivity (Wildman–Crippen MR) is 75.5 cm³/mol. The first-order valence-electron chi connectivity index (χ1n) is 6.67. The Balaban J connectivity index is 2.42. The van der Waals surface area contributed by atoms with Crippen LogP contribution in [0, 0.1) is 5.82 Å². The molecule has 1 unspecified atom stereocenters. The summed E-state index contributed by atoms with van der Waals surface area (Å²) in [6, 6.07) is 9.90. The van der Waals surface area contributed by atoms with Crippen molar-refractivity contribution < 1.29 is 4.39 Å². The van der Waals surface area contributed by atoms with Crippen LogP contribution in [-0.4, -0.2) is 11.5 Å². The highest BCUT2D eigenvalue weighted by Crippen LogP contribution is 2.24. The molecular weight excluding hydrogens is 239 g/mol. The van der Waals surface area contributed by atoms with Gasteiger partial charge in [-0.05, 0) is 30.2 Å². The third-order valence-electron chi connectivity index (χ3n) is 3.22. The van der Waals surface area contributed by atoms with Crippen molar-refractivity contribution in [2.45, 2.75) is 26.3 Å². The number of aromatic nitrogens is 1. The van der Waals surface area contributed by atoms with Gasteiger partial charge >= 0.3 is 0 Å². The van der Waals surface area contributed by atoms with Crippen molar-refractivity contribution in [3.05, 3.63) is 65.2 Å². The van der Waals surface area contributed by atoms with E-state index in [2.05, 4.69) is 29.4 Å². The smallest absolute Gasteiger partial charge is 0.146 e. The van der Waals surface area contributed by atoms with Crippen LogP contribution >= 0.6 is 0 Å². The first-order valence-corrected chi connectivity index (χ1v) is 6.67. The molecule has 2 aromatic rings. The van der Waals surface area contributed by atoms with Gasteiger partial charge in [0.25, 0.3) is 0 Å². The summed E-state index contributed by atoms with van der Waals surface area (Å²) in [5.74, 6) is -0.268. The lowest BCUT2D eigenvalue weighted by Gasteiger charge is -2.20. The van der Waals surface area contributed by atoms with E-state index in [1.54, 1.807) is 12.3 Å². The van der Waals surface area contributed by atoms with Crippen molar-refractivity contribution >= 4 is 0 Å². The fourth-order valence-electron chi connectivity index (χ4n) is 2.22. The Kier molecular flexibility index (Phi) is 4.63. The van der Waals surface area contributed by atoms with E-state index in [1.807, 2.05) is 19.1 Å². The molecule has 1 atom stereocenters.